The number of carbonyl (C=O) groups is 1. The van der Waals surface area contributed by atoms with Crippen molar-refractivity contribution in [3.05, 3.63) is 59.7 Å². The van der Waals surface area contributed by atoms with Crippen LogP contribution in [0.3, 0.4) is 0 Å². The predicted octanol–water partition coefficient (Wildman–Crippen LogP) is 4.08. The molecule has 0 saturated carbocycles. The molecule has 0 aromatic heterocycles. The summed E-state index contributed by atoms with van der Waals surface area (Å²) in [6, 6.07) is 9.69. The fourth-order valence-electron chi connectivity index (χ4n) is 1.99. The molecular weight excluding hydrogens is 302 g/mol. The maximum Gasteiger partial charge on any atom is 0.321 e. The zero-order valence-electron chi connectivity index (χ0n) is 12.7. The van der Waals surface area contributed by atoms with Crippen molar-refractivity contribution in [2.24, 2.45) is 0 Å². The highest BCUT2D eigenvalue weighted by atomic mass is 19.1. The molecule has 0 unspecified atom stereocenters. The molecule has 2 amide bonds. The summed E-state index contributed by atoms with van der Waals surface area (Å²) in [4.78, 5) is 11.6. The molecule has 2 rings (SSSR count). The Hall–Kier alpha value is -2.63. The van der Waals surface area contributed by atoms with Gasteiger partial charge in [0, 0.05) is 6.07 Å². The van der Waals surface area contributed by atoms with Crippen molar-refractivity contribution in [1.82, 2.24) is 5.32 Å². The number of benzene rings is 2. The second kappa shape index (κ2) is 8.12. The Morgan fingerprint density at radius 2 is 1.87 bits per heavy atom. The number of nitrogens with one attached hydrogen (secondary N) is 2. The molecule has 0 saturated heterocycles. The van der Waals surface area contributed by atoms with Gasteiger partial charge in [0.25, 0.3) is 0 Å². The minimum absolute atomic E-state index is 0.0874. The van der Waals surface area contributed by atoms with E-state index >= 15 is 0 Å². The number of carbonyl (C=O) groups excluding carboxylic acids is 1. The van der Waals surface area contributed by atoms with Crippen molar-refractivity contribution in [3.63, 3.8) is 0 Å². The van der Waals surface area contributed by atoms with Gasteiger partial charge in [-0.25, -0.2) is 13.6 Å². The van der Waals surface area contributed by atoms with Crippen molar-refractivity contribution < 1.29 is 18.3 Å². The standard InChI is InChI=1S/C17H18F2N2O2/c1-2-3-12-4-7-14(8-5-12)23-11-20-17(22)21-16-10-13(18)6-9-15(16)19/h4-10H,2-3,11H2,1H3,(H2,20,21,22). The van der Waals surface area contributed by atoms with Crippen molar-refractivity contribution >= 4 is 11.7 Å². The molecule has 23 heavy (non-hydrogen) atoms. The lowest BCUT2D eigenvalue weighted by Gasteiger charge is -2.10. The van der Waals surface area contributed by atoms with E-state index in [1.165, 1.54) is 5.56 Å². The van der Waals surface area contributed by atoms with Gasteiger partial charge >= 0.3 is 6.03 Å². The zero-order chi connectivity index (χ0) is 16.7. The highest BCUT2D eigenvalue weighted by molar-refractivity contribution is 5.89. The van der Waals surface area contributed by atoms with Crippen LogP contribution >= 0.6 is 0 Å². The average molecular weight is 320 g/mol. The highest BCUT2D eigenvalue weighted by Gasteiger charge is 2.07. The van der Waals surface area contributed by atoms with Gasteiger partial charge in [0.05, 0.1) is 5.69 Å². The Balaban J connectivity index is 1.79. The summed E-state index contributed by atoms with van der Waals surface area (Å²) in [5, 5.41) is 4.62. The monoisotopic (exact) mass is 320 g/mol. The third kappa shape index (κ3) is 5.25. The van der Waals surface area contributed by atoms with Gasteiger partial charge in [-0.3, -0.25) is 0 Å². The third-order valence-electron chi connectivity index (χ3n) is 3.11. The lowest BCUT2D eigenvalue weighted by molar-refractivity contribution is 0.234. The van der Waals surface area contributed by atoms with Gasteiger partial charge < -0.3 is 15.4 Å². The van der Waals surface area contributed by atoms with Crippen molar-refractivity contribution in [2.75, 3.05) is 12.0 Å². The third-order valence-corrected chi connectivity index (χ3v) is 3.11. The van der Waals surface area contributed by atoms with Crippen LogP contribution in [0.5, 0.6) is 5.75 Å². The molecule has 6 heteroatoms. The number of hydrogen-bond donors (Lipinski definition) is 2. The van der Waals surface area contributed by atoms with Gasteiger partial charge in [-0.1, -0.05) is 25.5 Å². The van der Waals surface area contributed by atoms with Crippen LogP contribution in [0, 0.1) is 11.6 Å². The number of hydrogen-bond acceptors (Lipinski definition) is 2. The van der Waals surface area contributed by atoms with Gasteiger partial charge in [-0.15, -0.1) is 0 Å². The Labute approximate surface area is 133 Å². The SMILES string of the molecule is CCCc1ccc(OCNC(=O)Nc2cc(F)ccc2F)cc1. The Bertz CT molecular complexity index is 660. The molecule has 0 atom stereocenters. The van der Waals surface area contributed by atoms with Gasteiger partial charge in [-0.05, 0) is 36.2 Å². The normalized spacial score (nSPS) is 10.2. The number of amides is 2. The fraction of sp³-hybridized carbons (Fsp3) is 0.235. The number of halogens is 2. The lowest BCUT2D eigenvalue weighted by atomic mass is 10.1. The summed E-state index contributed by atoms with van der Waals surface area (Å²) in [6.07, 6.45) is 2.07. The van der Waals surface area contributed by atoms with Crippen LogP contribution in [-0.2, 0) is 6.42 Å². The zero-order valence-corrected chi connectivity index (χ0v) is 12.7. The number of anilines is 1. The number of aryl methyl sites for hydroxylation is 1. The molecule has 122 valence electrons. The Morgan fingerprint density at radius 3 is 2.57 bits per heavy atom. The Morgan fingerprint density at radius 1 is 1.13 bits per heavy atom. The van der Waals surface area contributed by atoms with Gasteiger partial charge in [-0.2, -0.15) is 0 Å². The number of urea groups is 1. The number of ether oxygens (including phenoxy) is 1. The van der Waals surface area contributed by atoms with Crippen LogP contribution < -0.4 is 15.4 Å². The minimum atomic E-state index is -0.714. The molecule has 2 N–H and O–H groups in total. The first-order chi connectivity index (χ1) is 11.1. The molecule has 0 radical (unpaired) electrons. The van der Waals surface area contributed by atoms with E-state index in [2.05, 4.69) is 17.6 Å². The molecule has 0 bridgehead atoms. The number of rotatable bonds is 6. The summed E-state index contributed by atoms with van der Waals surface area (Å²) < 4.78 is 31.7. The molecule has 4 nitrogen and oxygen atoms in total. The van der Waals surface area contributed by atoms with E-state index in [0.29, 0.717) is 5.75 Å². The van der Waals surface area contributed by atoms with Gasteiger partial charge in [0.15, 0.2) is 6.73 Å². The maximum absolute atomic E-state index is 13.4. The fourth-order valence-corrected chi connectivity index (χ4v) is 1.99. The van der Waals surface area contributed by atoms with Crippen LogP contribution in [0.4, 0.5) is 19.3 Å². The Kier molecular flexibility index (Phi) is 5.91. The van der Waals surface area contributed by atoms with Gasteiger partial charge in [0.2, 0.25) is 0 Å². The van der Waals surface area contributed by atoms with E-state index in [4.69, 9.17) is 4.74 Å². The largest absolute Gasteiger partial charge is 0.473 e. The summed E-state index contributed by atoms with van der Waals surface area (Å²) in [6.45, 7) is 2.02. The van der Waals surface area contributed by atoms with Crippen LogP contribution in [0.25, 0.3) is 0 Å². The highest BCUT2D eigenvalue weighted by Crippen LogP contribution is 2.15. The smallest absolute Gasteiger partial charge is 0.321 e. The molecule has 2 aromatic rings. The van der Waals surface area contributed by atoms with Crippen LogP contribution in [-0.4, -0.2) is 12.8 Å². The molecular formula is C17H18F2N2O2. The summed E-state index contributed by atoms with van der Waals surface area (Å²) >= 11 is 0. The average Bonchev–Trinajstić information content (AvgIpc) is 2.53. The molecule has 0 heterocycles. The van der Waals surface area contributed by atoms with Crippen molar-refractivity contribution in [2.45, 2.75) is 19.8 Å². The second-order valence-corrected chi connectivity index (χ2v) is 4.94. The van der Waals surface area contributed by atoms with Crippen LogP contribution in [0.1, 0.15) is 18.9 Å². The van der Waals surface area contributed by atoms with E-state index in [1.807, 2.05) is 24.3 Å². The van der Waals surface area contributed by atoms with E-state index in [1.54, 1.807) is 0 Å². The van der Waals surface area contributed by atoms with E-state index in [-0.39, 0.29) is 12.4 Å². The molecule has 0 aliphatic heterocycles. The first kappa shape index (κ1) is 16.7. The quantitative estimate of drug-likeness (QED) is 0.788. The van der Waals surface area contributed by atoms with Crippen LogP contribution in [0.15, 0.2) is 42.5 Å². The minimum Gasteiger partial charge on any atom is -0.473 e. The second-order valence-electron chi connectivity index (χ2n) is 4.94. The van der Waals surface area contributed by atoms with Crippen molar-refractivity contribution in [1.29, 1.82) is 0 Å². The molecule has 0 aliphatic rings. The first-order valence-corrected chi connectivity index (χ1v) is 7.30. The van der Waals surface area contributed by atoms with E-state index in [0.717, 1.165) is 31.0 Å². The summed E-state index contributed by atoms with van der Waals surface area (Å²) in [5.74, 6) is -0.735. The predicted molar refractivity (Wildman–Crippen MR) is 84.4 cm³/mol. The first-order valence-electron chi connectivity index (χ1n) is 7.30. The van der Waals surface area contributed by atoms with E-state index in [9.17, 15) is 13.6 Å². The van der Waals surface area contributed by atoms with Gasteiger partial charge in [0.1, 0.15) is 17.4 Å². The summed E-state index contributed by atoms with van der Waals surface area (Å²) in [7, 11) is 0. The molecule has 0 fully saturated rings. The molecule has 0 spiro atoms. The van der Waals surface area contributed by atoms with E-state index < -0.39 is 17.7 Å². The maximum atomic E-state index is 13.4. The topological polar surface area (TPSA) is 50.4 Å². The van der Waals surface area contributed by atoms with Crippen molar-refractivity contribution in [3.8, 4) is 5.75 Å². The summed E-state index contributed by atoms with van der Waals surface area (Å²) in [5.41, 5.74) is 0.985. The van der Waals surface area contributed by atoms with Crippen LogP contribution in [0.2, 0.25) is 0 Å². The molecule has 2 aromatic carbocycles. The molecule has 0 aliphatic carbocycles. The lowest BCUT2D eigenvalue weighted by Crippen LogP contribution is -2.32.